The molecular formula is C16H22N2O3. The highest BCUT2D eigenvalue weighted by Gasteiger charge is 2.43. The summed E-state index contributed by atoms with van der Waals surface area (Å²) in [5, 5.41) is 12.0. The molecule has 1 spiro atoms. The highest BCUT2D eigenvalue weighted by atomic mass is 16.7. The number of ether oxygens (including phenoxy) is 2. The standard InChI is InChI=1S/C16H22N2O3/c1-12-4-6-16(7-5-12)19-11-15(21-16)10-18-9-14-3-2-13(8-17)20-14/h2-3,12,15,18H,4-7,9-11H2,1H3/t12?,15-,16?/m0/s1. The van der Waals surface area contributed by atoms with Crippen molar-refractivity contribution in [3.8, 4) is 6.07 Å². The number of nitriles is 1. The lowest BCUT2D eigenvalue weighted by Gasteiger charge is -2.34. The minimum atomic E-state index is -0.322. The fourth-order valence-electron chi connectivity index (χ4n) is 3.07. The Morgan fingerprint density at radius 1 is 1.38 bits per heavy atom. The van der Waals surface area contributed by atoms with Crippen LogP contribution in [0, 0.1) is 17.2 Å². The minimum absolute atomic E-state index is 0.101. The molecule has 1 aromatic heterocycles. The molecule has 0 radical (unpaired) electrons. The van der Waals surface area contributed by atoms with Crippen LogP contribution in [0.25, 0.3) is 0 Å². The van der Waals surface area contributed by atoms with E-state index in [9.17, 15) is 0 Å². The second-order valence-corrected chi connectivity index (χ2v) is 6.15. The molecule has 0 aromatic carbocycles. The Balaban J connectivity index is 1.42. The van der Waals surface area contributed by atoms with Gasteiger partial charge in [0.05, 0.1) is 19.3 Å². The van der Waals surface area contributed by atoms with E-state index in [1.807, 2.05) is 12.1 Å². The van der Waals surface area contributed by atoms with Crippen LogP contribution >= 0.6 is 0 Å². The summed E-state index contributed by atoms with van der Waals surface area (Å²) in [7, 11) is 0. The molecule has 1 aliphatic carbocycles. The van der Waals surface area contributed by atoms with E-state index in [-0.39, 0.29) is 11.9 Å². The summed E-state index contributed by atoms with van der Waals surface area (Å²) in [5.74, 6) is 1.58. The first-order valence-corrected chi connectivity index (χ1v) is 7.70. The third kappa shape index (κ3) is 3.46. The fourth-order valence-corrected chi connectivity index (χ4v) is 3.07. The summed E-state index contributed by atoms with van der Waals surface area (Å²) >= 11 is 0. The van der Waals surface area contributed by atoms with Crippen LogP contribution < -0.4 is 5.32 Å². The largest absolute Gasteiger partial charge is 0.449 e. The van der Waals surface area contributed by atoms with Crippen LogP contribution in [0.15, 0.2) is 16.5 Å². The molecule has 2 aliphatic rings. The van der Waals surface area contributed by atoms with Crippen LogP contribution in [-0.2, 0) is 16.0 Å². The van der Waals surface area contributed by atoms with Crippen molar-refractivity contribution in [1.82, 2.24) is 5.32 Å². The van der Waals surface area contributed by atoms with Crippen molar-refractivity contribution in [2.24, 2.45) is 5.92 Å². The minimum Gasteiger partial charge on any atom is -0.449 e. The molecular weight excluding hydrogens is 268 g/mol. The molecule has 1 saturated heterocycles. The maximum Gasteiger partial charge on any atom is 0.203 e. The van der Waals surface area contributed by atoms with Crippen LogP contribution in [0.4, 0.5) is 0 Å². The summed E-state index contributed by atoms with van der Waals surface area (Å²) in [6.07, 6.45) is 4.49. The molecule has 3 rings (SSSR count). The van der Waals surface area contributed by atoms with Crippen molar-refractivity contribution in [3.63, 3.8) is 0 Å². The van der Waals surface area contributed by atoms with E-state index in [0.29, 0.717) is 18.9 Å². The van der Waals surface area contributed by atoms with Crippen LogP contribution in [-0.4, -0.2) is 25.0 Å². The van der Waals surface area contributed by atoms with Crippen LogP contribution in [0.5, 0.6) is 0 Å². The van der Waals surface area contributed by atoms with E-state index in [1.165, 1.54) is 12.8 Å². The van der Waals surface area contributed by atoms with Crippen molar-refractivity contribution in [1.29, 1.82) is 5.26 Å². The van der Waals surface area contributed by atoms with Crippen LogP contribution in [0.3, 0.4) is 0 Å². The van der Waals surface area contributed by atoms with E-state index in [4.69, 9.17) is 19.2 Å². The predicted molar refractivity (Wildman–Crippen MR) is 76.3 cm³/mol. The second-order valence-electron chi connectivity index (χ2n) is 6.15. The molecule has 1 atom stereocenters. The molecule has 5 heteroatoms. The van der Waals surface area contributed by atoms with Gasteiger partial charge in [0.25, 0.3) is 0 Å². The van der Waals surface area contributed by atoms with E-state index in [1.54, 1.807) is 6.07 Å². The zero-order valence-electron chi connectivity index (χ0n) is 12.4. The van der Waals surface area contributed by atoms with Gasteiger partial charge in [-0.2, -0.15) is 5.26 Å². The Morgan fingerprint density at radius 3 is 2.90 bits per heavy atom. The van der Waals surface area contributed by atoms with Crippen molar-refractivity contribution in [3.05, 3.63) is 23.7 Å². The Kier molecular flexibility index (Phi) is 4.29. The molecule has 5 nitrogen and oxygen atoms in total. The number of rotatable bonds is 4. The lowest BCUT2D eigenvalue weighted by Crippen LogP contribution is -2.37. The topological polar surface area (TPSA) is 67.4 Å². The summed E-state index contributed by atoms with van der Waals surface area (Å²) < 4.78 is 17.4. The third-order valence-corrected chi connectivity index (χ3v) is 4.39. The molecule has 0 unspecified atom stereocenters. The first kappa shape index (κ1) is 14.6. The van der Waals surface area contributed by atoms with Gasteiger partial charge in [-0.3, -0.25) is 0 Å². The molecule has 114 valence electrons. The maximum absolute atomic E-state index is 8.71. The van der Waals surface area contributed by atoms with Gasteiger partial charge in [0, 0.05) is 19.4 Å². The van der Waals surface area contributed by atoms with Gasteiger partial charge >= 0.3 is 0 Å². The van der Waals surface area contributed by atoms with Gasteiger partial charge in [-0.15, -0.1) is 0 Å². The van der Waals surface area contributed by atoms with Crippen molar-refractivity contribution in [2.75, 3.05) is 13.2 Å². The van der Waals surface area contributed by atoms with Gasteiger partial charge in [-0.1, -0.05) is 6.92 Å². The third-order valence-electron chi connectivity index (χ3n) is 4.39. The average molecular weight is 290 g/mol. The first-order chi connectivity index (χ1) is 10.2. The quantitative estimate of drug-likeness (QED) is 0.923. The maximum atomic E-state index is 8.71. The van der Waals surface area contributed by atoms with Crippen molar-refractivity contribution >= 4 is 0 Å². The molecule has 2 fully saturated rings. The molecule has 1 aliphatic heterocycles. The number of hydrogen-bond donors (Lipinski definition) is 1. The smallest absolute Gasteiger partial charge is 0.203 e. The normalized spacial score (nSPS) is 32.4. The first-order valence-electron chi connectivity index (χ1n) is 7.70. The number of nitrogens with zero attached hydrogens (tertiary/aromatic N) is 1. The van der Waals surface area contributed by atoms with Crippen molar-refractivity contribution < 1.29 is 13.9 Å². The number of furan rings is 1. The van der Waals surface area contributed by atoms with E-state index < -0.39 is 0 Å². The zero-order valence-corrected chi connectivity index (χ0v) is 12.4. The summed E-state index contributed by atoms with van der Waals surface area (Å²) in [5.41, 5.74) is 0. The van der Waals surface area contributed by atoms with Gasteiger partial charge in [0.2, 0.25) is 5.76 Å². The van der Waals surface area contributed by atoms with Gasteiger partial charge in [-0.05, 0) is 30.9 Å². The van der Waals surface area contributed by atoms with Gasteiger partial charge in [-0.25, -0.2) is 0 Å². The van der Waals surface area contributed by atoms with Crippen molar-refractivity contribution in [2.45, 2.75) is 51.0 Å². The molecule has 21 heavy (non-hydrogen) atoms. The number of hydrogen-bond acceptors (Lipinski definition) is 5. The summed E-state index contributed by atoms with van der Waals surface area (Å²) in [6, 6.07) is 5.49. The zero-order chi connectivity index (χ0) is 14.7. The lowest BCUT2D eigenvalue weighted by molar-refractivity contribution is -0.191. The Morgan fingerprint density at radius 2 is 2.19 bits per heavy atom. The Hall–Kier alpha value is -1.35. The van der Waals surface area contributed by atoms with E-state index in [2.05, 4.69) is 12.2 Å². The predicted octanol–water partition coefficient (Wildman–Crippen LogP) is 2.56. The van der Waals surface area contributed by atoms with E-state index in [0.717, 1.165) is 31.1 Å². The molecule has 0 amide bonds. The van der Waals surface area contributed by atoms with Gasteiger partial charge in [0.1, 0.15) is 11.8 Å². The van der Waals surface area contributed by atoms with Crippen LogP contribution in [0.2, 0.25) is 0 Å². The monoisotopic (exact) mass is 290 g/mol. The molecule has 2 heterocycles. The lowest BCUT2D eigenvalue weighted by atomic mass is 9.86. The molecule has 1 saturated carbocycles. The summed E-state index contributed by atoms with van der Waals surface area (Å²) in [6.45, 7) is 4.29. The average Bonchev–Trinajstić information content (AvgIpc) is 3.10. The van der Waals surface area contributed by atoms with E-state index >= 15 is 0 Å². The Labute approximate surface area is 125 Å². The SMILES string of the molecule is CC1CCC2(CC1)OC[C@H](CNCc1ccc(C#N)o1)O2. The second kappa shape index (κ2) is 6.18. The molecule has 1 aromatic rings. The number of nitrogens with one attached hydrogen (secondary N) is 1. The van der Waals surface area contributed by atoms with Crippen LogP contribution in [0.1, 0.15) is 44.1 Å². The summed E-state index contributed by atoms with van der Waals surface area (Å²) in [4.78, 5) is 0. The molecule has 1 N–H and O–H groups in total. The molecule has 0 bridgehead atoms. The van der Waals surface area contributed by atoms with Gasteiger partial charge < -0.3 is 19.2 Å². The Bertz CT molecular complexity index is 512. The highest BCUT2D eigenvalue weighted by molar-refractivity contribution is 5.18. The van der Waals surface area contributed by atoms with Gasteiger partial charge in [0.15, 0.2) is 5.79 Å². The fraction of sp³-hybridized carbons (Fsp3) is 0.688. The highest BCUT2D eigenvalue weighted by Crippen LogP contribution is 2.39.